The summed E-state index contributed by atoms with van der Waals surface area (Å²) in [6.07, 6.45) is 0. The van der Waals surface area contributed by atoms with Gasteiger partial charge in [0.05, 0.1) is 12.7 Å². The summed E-state index contributed by atoms with van der Waals surface area (Å²) in [6, 6.07) is 10.4. The molecular formula is C13H9NO3. The van der Waals surface area contributed by atoms with Crippen LogP contribution in [0.15, 0.2) is 30.3 Å². The van der Waals surface area contributed by atoms with Crippen molar-refractivity contribution in [2.75, 3.05) is 7.11 Å². The summed E-state index contributed by atoms with van der Waals surface area (Å²) in [5.41, 5.74) is 0.0891. The Labute approximate surface area is 97.7 Å². The van der Waals surface area contributed by atoms with Gasteiger partial charge < -0.3 is 9.84 Å². The number of nitrogens with zero attached hydrogens (tertiary/aromatic N) is 1. The number of nitriles is 1. The van der Waals surface area contributed by atoms with E-state index in [1.807, 2.05) is 6.07 Å². The van der Waals surface area contributed by atoms with Gasteiger partial charge in [-0.2, -0.15) is 5.26 Å². The van der Waals surface area contributed by atoms with E-state index < -0.39 is 5.97 Å². The van der Waals surface area contributed by atoms with Crippen LogP contribution in [0.3, 0.4) is 0 Å². The van der Waals surface area contributed by atoms with Crippen LogP contribution in [0.5, 0.6) is 5.75 Å². The van der Waals surface area contributed by atoms with Crippen molar-refractivity contribution < 1.29 is 14.6 Å². The fourth-order valence-electron chi connectivity index (χ4n) is 1.73. The molecule has 0 aliphatic heterocycles. The number of esters is 1. The zero-order chi connectivity index (χ0) is 12.4. The molecule has 0 bridgehead atoms. The third-order valence-electron chi connectivity index (χ3n) is 2.53. The Kier molecular flexibility index (Phi) is 2.67. The maximum Gasteiger partial charge on any atom is 0.342 e. The molecule has 0 radical (unpaired) electrons. The van der Waals surface area contributed by atoms with E-state index >= 15 is 0 Å². The van der Waals surface area contributed by atoms with Gasteiger partial charge in [0, 0.05) is 5.39 Å². The van der Waals surface area contributed by atoms with Gasteiger partial charge in [-0.3, -0.25) is 0 Å². The van der Waals surface area contributed by atoms with Gasteiger partial charge in [-0.1, -0.05) is 24.3 Å². The molecule has 84 valence electrons. The SMILES string of the molecule is COC(=O)c1c(O)c(C#N)cc2ccccc12. The summed E-state index contributed by atoms with van der Waals surface area (Å²) in [7, 11) is 1.23. The molecule has 17 heavy (non-hydrogen) atoms. The van der Waals surface area contributed by atoms with Crippen LogP contribution in [0.4, 0.5) is 0 Å². The second-order valence-electron chi connectivity index (χ2n) is 3.47. The Hall–Kier alpha value is -2.54. The molecule has 0 saturated carbocycles. The Balaban J connectivity index is 2.91. The van der Waals surface area contributed by atoms with E-state index in [-0.39, 0.29) is 16.9 Å². The molecule has 0 fully saturated rings. The van der Waals surface area contributed by atoms with E-state index in [0.29, 0.717) is 10.8 Å². The zero-order valence-electron chi connectivity index (χ0n) is 9.10. The summed E-state index contributed by atoms with van der Waals surface area (Å²) in [6.45, 7) is 0. The lowest BCUT2D eigenvalue weighted by Crippen LogP contribution is -2.03. The van der Waals surface area contributed by atoms with Gasteiger partial charge in [0.2, 0.25) is 0 Å². The minimum atomic E-state index is -0.657. The molecule has 0 heterocycles. The number of hydrogen-bond donors (Lipinski definition) is 1. The van der Waals surface area contributed by atoms with Crippen molar-refractivity contribution in [2.24, 2.45) is 0 Å². The minimum absolute atomic E-state index is 0.0298. The number of ether oxygens (including phenoxy) is 1. The van der Waals surface area contributed by atoms with Gasteiger partial charge in [-0.15, -0.1) is 0 Å². The molecular weight excluding hydrogens is 218 g/mol. The van der Waals surface area contributed by atoms with Crippen LogP contribution in [-0.4, -0.2) is 18.2 Å². The highest BCUT2D eigenvalue weighted by Crippen LogP contribution is 2.31. The smallest absolute Gasteiger partial charge is 0.342 e. The number of hydrogen-bond acceptors (Lipinski definition) is 4. The first-order valence-electron chi connectivity index (χ1n) is 4.92. The fourth-order valence-corrected chi connectivity index (χ4v) is 1.73. The topological polar surface area (TPSA) is 70.3 Å². The van der Waals surface area contributed by atoms with Crippen molar-refractivity contribution in [3.05, 3.63) is 41.5 Å². The van der Waals surface area contributed by atoms with Crippen molar-refractivity contribution in [1.29, 1.82) is 5.26 Å². The largest absolute Gasteiger partial charge is 0.506 e. The highest BCUT2D eigenvalue weighted by Gasteiger charge is 2.19. The summed E-state index contributed by atoms with van der Waals surface area (Å²) in [4.78, 5) is 11.6. The van der Waals surface area contributed by atoms with Crippen LogP contribution in [0, 0.1) is 11.3 Å². The van der Waals surface area contributed by atoms with Gasteiger partial charge in [0.1, 0.15) is 17.4 Å². The standard InChI is InChI=1S/C13H9NO3/c1-17-13(16)11-10-5-3-2-4-8(10)6-9(7-14)12(11)15/h2-6,15H,1H3. The molecule has 0 aliphatic rings. The van der Waals surface area contributed by atoms with Crippen LogP contribution < -0.4 is 0 Å². The summed E-state index contributed by atoms with van der Waals surface area (Å²) >= 11 is 0. The third-order valence-corrected chi connectivity index (χ3v) is 2.53. The normalized spacial score (nSPS) is 9.88. The first-order chi connectivity index (χ1) is 8.19. The molecule has 0 amide bonds. The van der Waals surface area contributed by atoms with E-state index in [0.717, 1.165) is 0 Å². The number of benzene rings is 2. The van der Waals surface area contributed by atoms with Crippen molar-refractivity contribution >= 4 is 16.7 Å². The van der Waals surface area contributed by atoms with E-state index in [9.17, 15) is 9.90 Å². The second-order valence-corrected chi connectivity index (χ2v) is 3.47. The Morgan fingerprint density at radius 1 is 1.41 bits per heavy atom. The maximum absolute atomic E-state index is 11.6. The summed E-state index contributed by atoms with van der Waals surface area (Å²) in [5, 5.41) is 20.0. The van der Waals surface area contributed by atoms with Crippen molar-refractivity contribution in [1.82, 2.24) is 0 Å². The lowest BCUT2D eigenvalue weighted by molar-refractivity contribution is 0.0600. The summed E-state index contributed by atoms with van der Waals surface area (Å²) < 4.78 is 4.62. The van der Waals surface area contributed by atoms with Gasteiger partial charge >= 0.3 is 5.97 Å². The average molecular weight is 227 g/mol. The van der Waals surface area contributed by atoms with Crippen molar-refractivity contribution in [3.63, 3.8) is 0 Å². The van der Waals surface area contributed by atoms with Crippen molar-refractivity contribution in [2.45, 2.75) is 0 Å². The van der Waals surface area contributed by atoms with Crippen LogP contribution in [-0.2, 0) is 4.74 Å². The number of phenolic OH excluding ortho intramolecular Hbond substituents is 1. The van der Waals surface area contributed by atoms with E-state index in [1.165, 1.54) is 13.2 Å². The molecule has 2 rings (SSSR count). The zero-order valence-corrected chi connectivity index (χ0v) is 9.10. The first kappa shape index (κ1) is 11.0. The van der Waals surface area contributed by atoms with E-state index in [2.05, 4.69) is 4.74 Å². The number of methoxy groups -OCH3 is 1. The molecule has 0 saturated heterocycles. The maximum atomic E-state index is 11.6. The molecule has 0 aromatic heterocycles. The first-order valence-corrected chi connectivity index (χ1v) is 4.92. The monoisotopic (exact) mass is 227 g/mol. The molecule has 0 unspecified atom stereocenters. The molecule has 0 spiro atoms. The molecule has 2 aromatic carbocycles. The van der Waals surface area contributed by atoms with Crippen LogP contribution in [0.25, 0.3) is 10.8 Å². The average Bonchev–Trinajstić information content (AvgIpc) is 2.37. The number of rotatable bonds is 1. The Bertz CT molecular complexity index is 641. The van der Waals surface area contributed by atoms with Crippen LogP contribution in [0.2, 0.25) is 0 Å². The number of carbonyl (C=O) groups excluding carboxylic acids is 1. The molecule has 4 heteroatoms. The molecule has 4 nitrogen and oxygen atoms in total. The summed E-state index contributed by atoms with van der Waals surface area (Å²) in [5.74, 6) is -0.992. The van der Waals surface area contributed by atoms with Crippen LogP contribution >= 0.6 is 0 Å². The van der Waals surface area contributed by atoms with E-state index in [4.69, 9.17) is 5.26 Å². The van der Waals surface area contributed by atoms with E-state index in [1.54, 1.807) is 24.3 Å². The van der Waals surface area contributed by atoms with Gasteiger partial charge in [-0.05, 0) is 11.5 Å². The highest BCUT2D eigenvalue weighted by atomic mass is 16.5. The lowest BCUT2D eigenvalue weighted by atomic mass is 10.00. The minimum Gasteiger partial charge on any atom is -0.506 e. The lowest BCUT2D eigenvalue weighted by Gasteiger charge is -2.08. The fraction of sp³-hybridized carbons (Fsp3) is 0.0769. The number of aromatic hydroxyl groups is 1. The van der Waals surface area contributed by atoms with Gasteiger partial charge in [0.25, 0.3) is 0 Å². The number of carbonyl (C=O) groups is 1. The molecule has 2 aromatic rings. The third kappa shape index (κ3) is 1.68. The van der Waals surface area contributed by atoms with Gasteiger partial charge in [0.15, 0.2) is 0 Å². The Morgan fingerprint density at radius 3 is 2.76 bits per heavy atom. The number of fused-ring (bicyclic) bond motifs is 1. The number of phenols is 1. The Morgan fingerprint density at radius 2 is 2.12 bits per heavy atom. The molecule has 0 aliphatic carbocycles. The predicted octanol–water partition coefficient (Wildman–Crippen LogP) is 2.20. The van der Waals surface area contributed by atoms with Gasteiger partial charge in [-0.25, -0.2) is 4.79 Å². The second kappa shape index (κ2) is 4.14. The highest BCUT2D eigenvalue weighted by molar-refractivity contribution is 6.07. The quantitative estimate of drug-likeness (QED) is 0.758. The molecule has 0 atom stereocenters. The predicted molar refractivity (Wildman–Crippen MR) is 61.7 cm³/mol. The molecule has 1 N–H and O–H groups in total. The van der Waals surface area contributed by atoms with Crippen LogP contribution in [0.1, 0.15) is 15.9 Å². The van der Waals surface area contributed by atoms with Crippen molar-refractivity contribution in [3.8, 4) is 11.8 Å².